The van der Waals surface area contributed by atoms with Crippen LogP contribution in [-0.4, -0.2) is 37.9 Å². The number of carbonyl (C=O) groups excluding carboxylic acids is 1. The van der Waals surface area contributed by atoms with Crippen LogP contribution in [0.3, 0.4) is 0 Å². The SMILES string of the molecule is CC(C)(C)OCCOCCOc1ccccc1C(=O)NN. The van der Waals surface area contributed by atoms with Crippen LogP contribution in [0.25, 0.3) is 0 Å². The second kappa shape index (κ2) is 8.61. The second-order valence-corrected chi connectivity index (χ2v) is 5.39. The van der Waals surface area contributed by atoms with Gasteiger partial charge in [-0.15, -0.1) is 0 Å². The quantitative estimate of drug-likeness (QED) is 0.329. The third kappa shape index (κ3) is 7.08. The van der Waals surface area contributed by atoms with Gasteiger partial charge in [-0.05, 0) is 32.9 Å². The number of ether oxygens (including phenoxy) is 3. The fraction of sp³-hybridized carbons (Fsp3) is 0.533. The maximum Gasteiger partial charge on any atom is 0.268 e. The standard InChI is InChI=1S/C15H24N2O4/c1-15(2,3)21-11-9-19-8-10-20-13-7-5-4-6-12(13)14(18)17-16/h4-7H,8-11,16H2,1-3H3,(H,17,18). The van der Waals surface area contributed by atoms with Gasteiger partial charge in [0.1, 0.15) is 12.4 Å². The van der Waals surface area contributed by atoms with Crippen LogP contribution in [0.15, 0.2) is 24.3 Å². The molecule has 118 valence electrons. The first kappa shape index (κ1) is 17.4. The number of benzene rings is 1. The number of nitrogens with one attached hydrogen (secondary N) is 1. The van der Waals surface area contributed by atoms with Crippen LogP contribution >= 0.6 is 0 Å². The number of hydrogen-bond donors (Lipinski definition) is 2. The van der Waals surface area contributed by atoms with E-state index >= 15 is 0 Å². The Labute approximate surface area is 125 Å². The lowest BCUT2D eigenvalue weighted by Crippen LogP contribution is -2.30. The van der Waals surface area contributed by atoms with E-state index in [0.29, 0.717) is 37.7 Å². The van der Waals surface area contributed by atoms with Crippen molar-refractivity contribution in [2.75, 3.05) is 26.4 Å². The first-order valence-electron chi connectivity index (χ1n) is 6.88. The molecule has 0 radical (unpaired) electrons. The Morgan fingerprint density at radius 2 is 1.81 bits per heavy atom. The number of para-hydroxylation sites is 1. The number of carbonyl (C=O) groups is 1. The molecular formula is C15H24N2O4. The van der Waals surface area contributed by atoms with Gasteiger partial charge in [-0.2, -0.15) is 0 Å². The van der Waals surface area contributed by atoms with Gasteiger partial charge in [0.15, 0.2) is 0 Å². The van der Waals surface area contributed by atoms with Gasteiger partial charge in [-0.25, -0.2) is 5.84 Å². The summed E-state index contributed by atoms with van der Waals surface area (Å²) in [6, 6.07) is 6.90. The van der Waals surface area contributed by atoms with Gasteiger partial charge in [0.2, 0.25) is 0 Å². The summed E-state index contributed by atoms with van der Waals surface area (Å²) in [5.74, 6) is 5.22. The first-order valence-corrected chi connectivity index (χ1v) is 6.88. The number of nitrogens with two attached hydrogens (primary N) is 1. The first-order chi connectivity index (χ1) is 9.94. The molecule has 6 heteroatoms. The van der Waals surface area contributed by atoms with Crippen LogP contribution in [0.1, 0.15) is 31.1 Å². The lowest BCUT2D eigenvalue weighted by molar-refractivity contribution is -0.0375. The predicted molar refractivity (Wildman–Crippen MR) is 80.1 cm³/mol. The van der Waals surface area contributed by atoms with Gasteiger partial charge in [0.05, 0.1) is 31.0 Å². The molecule has 3 N–H and O–H groups in total. The molecule has 21 heavy (non-hydrogen) atoms. The molecule has 1 aromatic carbocycles. The lowest BCUT2D eigenvalue weighted by Gasteiger charge is -2.19. The van der Waals surface area contributed by atoms with Crippen molar-refractivity contribution in [1.29, 1.82) is 0 Å². The van der Waals surface area contributed by atoms with Crippen molar-refractivity contribution >= 4 is 5.91 Å². The maximum atomic E-state index is 11.5. The molecule has 0 aliphatic heterocycles. The van der Waals surface area contributed by atoms with Crippen LogP contribution < -0.4 is 16.0 Å². The number of amides is 1. The Hall–Kier alpha value is -1.63. The summed E-state index contributed by atoms with van der Waals surface area (Å²) in [7, 11) is 0. The van der Waals surface area contributed by atoms with E-state index in [1.807, 2.05) is 20.8 Å². The summed E-state index contributed by atoms with van der Waals surface area (Å²) in [5.41, 5.74) is 2.33. The average molecular weight is 296 g/mol. The van der Waals surface area contributed by atoms with Crippen molar-refractivity contribution in [3.63, 3.8) is 0 Å². The molecular weight excluding hydrogens is 272 g/mol. The van der Waals surface area contributed by atoms with Crippen LogP contribution in [0.5, 0.6) is 5.75 Å². The molecule has 1 aromatic rings. The third-order valence-corrected chi connectivity index (χ3v) is 2.51. The molecule has 0 fully saturated rings. The Morgan fingerprint density at radius 3 is 2.48 bits per heavy atom. The molecule has 6 nitrogen and oxygen atoms in total. The molecule has 0 bridgehead atoms. The topological polar surface area (TPSA) is 82.8 Å². The van der Waals surface area contributed by atoms with E-state index in [2.05, 4.69) is 5.43 Å². The molecule has 1 rings (SSSR count). The highest BCUT2D eigenvalue weighted by Crippen LogP contribution is 2.17. The number of nitrogen functional groups attached to an aromatic ring is 1. The lowest BCUT2D eigenvalue weighted by atomic mass is 10.2. The van der Waals surface area contributed by atoms with E-state index in [0.717, 1.165) is 0 Å². The van der Waals surface area contributed by atoms with E-state index in [1.165, 1.54) is 0 Å². The zero-order chi connectivity index (χ0) is 15.7. The summed E-state index contributed by atoms with van der Waals surface area (Å²) in [4.78, 5) is 11.5. The van der Waals surface area contributed by atoms with Crippen molar-refractivity contribution in [2.45, 2.75) is 26.4 Å². The average Bonchev–Trinajstić information content (AvgIpc) is 2.44. The molecule has 0 aliphatic rings. The van der Waals surface area contributed by atoms with E-state index in [4.69, 9.17) is 20.1 Å². The van der Waals surface area contributed by atoms with Gasteiger partial charge in [-0.1, -0.05) is 12.1 Å². The van der Waals surface area contributed by atoms with Gasteiger partial charge in [0, 0.05) is 0 Å². The minimum absolute atomic E-state index is 0.158. The fourth-order valence-electron chi connectivity index (χ4n) is 1.58. The van der Waals surface area contributed by atoms with Crippen molar-refractivity contribution in [1.82, 2.24) is 5.43 Å². The highest BCUT2D eigenvalue weighted by Gasteiger charge is 2.10. The normalized spacial score (nSPS) is 11.2. The zero-order valence-corrected chi connectivity index (χ0v) is 12.8. The van der Waals surface area contributed by atoms with E-state index < -0.39 is 0 Å². The minimum Gasteiger partial charge on any atom is -0.490 e. The summed E-state index contributed by atoms with van der Waals surface area (Å²) >= 11 is 0. The zero-order valence-electron chi connectivity index (χ0n) is 12.8. The Balaban J connectivity index is 2.26. The summed E-state index contributed by atoms with van der Waals surface area (Å²) in [5, 5.41) is 0. The van der Waals surface area contributed by atoms with Crippen LogP contribution in [0, 0.1) is 0 Å². The third-order valence-electron chi connectivity index (χ3n) is 2.51. The second-order valence-electron chi connectivity index (χ2n) is 5.39. The largest absolute Gasteiger partial charge is 0.490 e. The smallest absolute Gasteiger partial charge is 0.268 e. The molecule has 0 saturated heterocycles. The number of rotatable bonds is 8. The Morgan fingerprint density at radius 1 is 1.14 bits per heavy atom. The molecule has 0 atom stereocenters. The van der Waals surface area contributed by atoms with E-state index in [-0.39, 0.29) is 11.5 Å². The van der Waals surface area contributed by atoms with Gasteiger partial charge in [0.25, 0.3) is 5.91 Å². The van der Waals surface area contributed by atoms with E-state index in [1.54, 1.807) is 24.3 Å². The molecule has 1 amide bonds. The number of hydrazine groups is 1. The monoisotopic (exact) mass is 296 g/mol. The van der Waals surface area contributed by atoms with Crippen LogP contribution in [0.2, 0.25) is 0 Å². The van der Waals surface area contributed by atoms with Gasteiger partial charge in [-0.3, -0.25) is 10.2 Å². The van der Waals surface area contributed by atoms with Gasteiger partial charge < -0.3 is 14.2 Å². The van der Waals surface area contributed by atoms with Crippen molar-refractivity contribution in [3.05, 3.63) is 29.8 Å². The van der Waals surface area contributed by atoms with Crippen molar-refractivity contribution < 1.29 is 19.0 Å². The maximum absolute atomic E-state index is 11.5. The minimum atomic E-state index is -0.384. The molecule has 0 aromatic heterocycles. The van der Waals surface area contributed by atoms with Crippen LogP contribution in [0.4, 0.5) is 0 Å². The highest BCUT2D eigenvalue weighted by molar-refractivity contribution is 5.96. The molecule has 0 spiro atoms. The molecule has 0 unspecified atom stereocenters. The predicted octanol–water partition coefficient (Wildman–Crippen LogP) is 1.50. The Bertz CT molecular complexity index is 444. The summed E-state index contributed by atoms with van der Waals surface area (Å²) < 4.78 is 16.5. The molecule has 0 heterocycles. The highest BCUT2D eigenvalue weighted by atomic mass is 16.5. The van der Waals surface area contributed by atoms with Crippen molar-refractivity contribution in [3.8, 4) is 5.75 Å². The van der Waals surface area contributed by atoms with Crippen molar-refractivity contribution in [2.24, 2.45) is 5.84 Å². The van der Waals surface area contributed by atoms with E-state index in [9.17, 15) is 4.79 Å². The summed E-state index contributed by atoms with van der Waals surface area (Å²) in [6.45, 7) is 7.80. The number of hydrogen-bond acceptors (Lipinski definition) is 5. The van der Waals surface area contributed by atoms with Crippen LogP contribution in [-0.2, 0) is 9.47 Å². The van der Waals surface area contributed by atoms with Gasteiger partial charge >= 0.3 is 0 Å². The Kier molecular flexibility index (Phi) is 7.14. The summed E-state index contributed by atoms with van der Waals surface area (Å²) in [6.07, 6.45) is 0. The molecule has 0 saturated carbocycles. The fourth-order valence-corrected chi connectivity index (χ4v) is 1.58. The molecule has 0 aliphatic carbocycles.